The Morgan fingerprint density at radius 1 is 1.08 bits per heavy atom. The van der Waals surface area contributed by atoms with Crippen molar-refractivity contribution in [3.63, 3.8) is 0 Å². The van der Waals surface area contributed by atoms with Gasteiger partial charge in [-0.15, -0.1) is 13.2 Å². The first kappa shape index (κ1) is 18.3. The predicted octanol–water partition coefficient (Wildman–Crippen LogP) is 2.54. The minimum absolute atomic E-state index is 0.0106. The zero-order chi connectivity index (χ0) is 18.1. The molecule has 6 nitrogen and oxygen atoms in total. The summed E-state index contributed by atoms with van der Waals surface area (Å²) in [5.74, 6) is 0.836. The van der Waals surface area contributed by atoms with E-state index in [9.17, 15) is 21.6 Å². The fourth-order valence-corrected chi connectivity index (χ4v) is 4.32. The van der Waals surface area contributed by atoms with Crippen LogP contribution >= 0.6 is 0 Å². The van der Waals surface area contributed by atoms with Gasteiger partial charge in [-0.25, -0.2) is 8.42 Å². The van der Waals surface area contributed by atoms with E-state index in [0.29, 0.717) is 31.1 Å². The Balaban J connectivity index is 1.71. The lowest BCUT2D eigenvalue weighted by atomic mass is 10.1. The topological polar surface area (TPSA) is 65.1 Å². The molecule has 1 aromatic rings. The molecule has 2 aliphatic heterocycles. The lowest BCUT2D eigenvalue weighted by molar-refractivity contribution is -0.345. The van der Waals surface area contributed by atoms with Gasteiger partial charge in [0.05, 0.1) is 24.2 Å². The van der Waals surface area contributed by atoms with Gasteiger partial charge in [-0.1, -0.05) is 0 Å². The molecular weight excluding hydrogens is 363 g/mol. The van der Waals surface area contributed by atoms with E-state index < -0.39 is 22.5 Å². The second-order valence-corrected chi connectivity index (χ2v) is 7.76. The fraction of sp³-hybridized carbons (Fsp3) is 0.600. The third-order valence-electron chi connectivity index (χ3n) is 4.06. The van der Waals surface area contributed by atoms with Crippen LogP contribution in [0, 0.1) is 0 Å². The van der Waals surface area contributed by atoms with Crippen LogP contribution in [0.15, 0.2) is 23.1 Å². The van der Waals surface area contributed by atoms with E-state index in [4.69, 9.17) is 9.47 Å². The van der Waals surface area contributed by atoms with E-state index in [-0.39, 0.29) is 30.8 Å². The summed E-state index contributed by atoms with van der Waals surface area (Å²) < 4.78 is 78.3. The lowest BCUT2D eigenvalue weighted by Gasteiger charge is -2.31. The second kappa shape index (κ2) is 7.00. The maximum Gasteiger partial charge on any atom is 0.522 e. The van der Waals surface area contributed by atoms with Crippen molar-refractivity contribution in [2.75, 3.05) is 26.3 Å². The minimum atomic E-state index is -4.71. The van der Waals surface area contributed by atoms with Crippen molar-refractivity contribution >= 4 is 10.0 Å². The van der Waals surface area contributed by atoms with Gasteiger partial charge in [-0.3, -0.25) is 4.74 Å². The molecule has 0 radical (unpaired) electrons. The average molecular weight is 381 g/mol. The van der Waals surface area contributed by atoms with E-state index in [1.165, 1.54) is 22.5 Å². The van der Waals surface area contributed by atoms with Gasteiger partial charge >= 0.3 is 6.36 Å². The van der Waals surface area contributed by atoms with Gasteiger partial charge in [-0.2, -0.15) is 4.31 Å². The van der Waals surface area contributed by atoms with E-state index in [0.717, 1.165) is 0 Å². The Morgan fingerprint density at radius 3 is 2.36 bits per heavy atom. The summed E-state index contributed by atoms with van der Waals surface area (Å²) in [6.07, 6.45) is -5.05. The number of piperidine rings is 1. The Kier molecular flexibility index (Phi) is 5.12. The van der Waals surface area contributed by atoms with Gasteiger partial charge in [0, 0.05) is 25.6 Å². The second-order valence-electron chi connectivity index (χ2n) is 5.83. The maximum atomic E-state index is 12.7. The number of halogens is 3. The first-order chi connectivity index (χ1) is 11.8. The van der Waals surface area contributed by atoms with Crippen molar-refractivity contribution in [3.8, 4) is 11.5 Å². The molecule has 3 rings (SSSR count). The monoisotopic (exact) mass is 381 g/mol. The van der Waals surface area contributed by atoms with Crippen LogP contribution in [-0.4, -0.2) is 51.5 Å². The van der Waals surface area contributed by atoms with Crippen LogP contribution in [0.2, 0.25) is 0 Å². The lowest BCUT2D eigenvalue weighted by Crippen LogP contribution is -2.42. The van der Waals surface area contributed by atoms with E-state index in [2.05, 4.69) is 4.74 Å². The van der Waals surface area contributed by atoms with Gasteiger partial charge in [0.2, 0.25) is 10.0 Å². The minimum Gasteiger partial charge on any atom is -0.490 e. The molecule has 0 amide bonds. The Bertz CT molecular complexity index is 714. The Hall–Kier alpha value is -1.52. The molecule has 2 aliphatic rings. The van der Waals surface area contributed by atoms with E-state index in [1.54, 1.807) is 0 Å². The summed E-state index contributed by atoms with van der Waals surface area (Å²) >= 11 is 0. The summed E-state index contributed by atoms with van der Waals surface area (Å²) in [5, 5.41) is 0. The van der Waals surface area contributed by atoms with Gasteiger partial charge in [0.1, 0.15) is 0 Å². The fourth-order valence-electron chi connectivity index (χ4n) is 2.83. The highest BCUT2D eigenvalue weighted by molar-refractivity contribution is 7.89. The van der Waals surface area contributed by atoms with Crippen molar-refractivity contribution in [1.29, 1.82) is 0 Å². The summed E-state index contributed by atoms with van der Waals surface area (Å²) in [5.41, 5.74) is 0. The van der Waals surface area contributed by atoms with E-state index >= 15 is 0 Å². The molecule has 0 unspecified atom stereocenters. The number of fused-ring (bicyclic) bond motifs is 1. The van der Waals surface area contributed by atoms with Gasteiger partial charge in [0.15, 0.2) is 11.5 Å². The number of sulfonamides is 1. The summed E-state index contributed by atoms with van der Waals surface area (Å²) in [7, 11) is -3.81. The van der Waals surface area contributed by atoms with Crippen LogP contribution in [0.4, 0.5) is 13.2 Å². The smallest absolute Gasteiger partial charge is 0.490 e. The van der Waals surface area contributed by atoms with Crippen LogP contribution in [-0.2, 0) is 14.8 Å². The number of nitrogens with zero attached hydrogens (tertiary/aromatic N) is 1. The summed E-state index contributed by atoms with van der Waals surface area (Å²) in [6, 6.07) is 4.35. The number of hydrogen-bond acceptors (Lipinski definition) is 5. The van der Waals surface area contributed by atoms with Crippen LogP contribution in [0.25, 0.3) is 0 Å². The zero-order valence-electron chi connectivity index (χ0n) is 13.3. The first-order valence-electron chi connectivity index (χ1n) is 7.90. The number of alkyl halides is 3. The molecule has 1 aromatic carbocycles. The number of rotatable bonds is 3. The molecule has 0 aliphatic carbocycles. The third-order valence-corrected chi connectivity index (χ3v) is 5.95. The molecular formula is C15H18F3NO5S. The molecule has 0 saturated carbocycles. The van der Waals surface area contributed by atoms with Crippen molar-refractivity contribution in [2.24, 2.45) is 0 Å². The molecule has 25 heavy (non-hydrogen) atoms. The van der Waals surface area contributed by atoms with Crippen molar-refractivity contribution < 1.29 is 35.8 Å². The molecule has 140 valence electrons. The average Bonchev–Trinajstić information content (AvgIpc) is 2.78. The Labute approximate surface area is 143 Å². The van der Waals surface area contributed by atoms with Gasteiger partial charge < -0.3 is 9.47 Å². The van der Waals surface area contributed by atoms with Crippen LogP contribution in [0.5, 0.6) is 11.5 Å². The van der Waals surface area contributed by atoms with Crippen molar-refractivity contribution in [3.05, 3.63) is 18.2 Å². The summed E-state index contributed by atoms with van der Waals surface area (Å²) in [4.78, 5) is 0.0342. The number of benzene rings is 1. The zero-order valence-corrected chi connectivity index (χ0v) is 14.1. The largest absolute Gasteiger partial charge is 0.522 e. The highest BCUT2D eigenvalue weighted by Gasteiger charge is 2.37. The molecule has 0 bridgehead atoms. The highest BCUT2D eigenvalue weighted by atomic mass is 32.2. The van der Waals surface area contributed by atoms with Gasteiger partial charge in [-0.05, 0) is 25.0 Å². The Morgan fingerprint density at radius 2 is 1.72 bits per heavy atom. The third kappa shape index (κ3) is 4.36. The predicted molar refractivity (Wildman–Crippen MR) is 81.0 cm³/mol. The van der Waals surface area contributed by atoms with Crippen LogP contribution in [0.3, 0.4) is 0 Å². The van der Waals surface area contributed by atoms with Crippen LogP contribution < -0.4 is 9.47 Å². The normalized spacial score (nSPS) is 20.3. The molecule has 2 heterocycles. The molecule has 1 saturated heterocycles. The van der Waals surface area contributed by atoms with Gasteiger partial charge in [0.25, 0.3) is 0 Å². The molecule has 0 spiro atoms. The molecule has 1 fully saturated rings. The quantitative estimate of drug-likeness (QED) is 0.805. The van der Waals surface area contributed by atoms with Crippen LogP contribution in [0.1, 0.15) is 19.3 Å². The molecule has 0 atom stereocenters. The maximum absolute atomic E-state index is 12.7. The van der Waals surface area contributed by atoms with E-state index in [1.807, 2.05) is 0 Å². The summed E-state index contributed by atoms with van der Waals surface area (Å²) in [6.45, 7) is 0.859. The first-order valence-corrected chi connectivity index (χ1v) is 9.34. The van der Waals surface area contributed by atoms with Crippen molar-refractivity contribution in [2.45, 2.75) is 36.6 Å². The standard InChI is InChI=1S/C15H18F3NO5S/c16-15(17,18)24-11-4-6-19(7-5-11)25(20,21)12-2-3-13-14(10-12)23-9-1-8-22-13/h2-3,10-11H,1,4-9H2. The number of ether oxygens (including phenoxy) is 3. The SMILES string of the molecule is O=S(=O)(c1ccc2c(c1)OCCCO2)N1CCC(OC(F)(F)F)CC1. The molecule has 0 N–H and O–H groups in total. The number of hydrogen-bond donors (Lipinski definition) is 0. The molecule has 10 heteroatoms. The molecule has 0 aromatic heterocycles. The van der Waals surface area contributed by atoms with Crippen molar-refractivity contribution in [1.82, 2.24) is 4.31 Å². The highest BCUT2D eigenvalue weighted by Crippen LogP contribution is 2.34.